The van der Waals surface area contributed by atoms with Crippen LogP contribution in [0.25, 0.3) is 0 Å². The Labute approximate surface area is 188 Å². The first-order valence-electron chi connectivity index (χ1n) is 10.3. The van der Waals surface area contributed by atoms with Crippen LogP contribution in [-0.4, -0.2) is 60.9 Å². The van der Waals surface area contributed by atoms with Crippen molar-refractivity contribution in [1.29, 1.82) is 0 Å². The van der Waals surface area contributed by atoms with E-state index < -0.39 is 0 Å². The number of carbonyl (C=O) groups excluding carboxylic acids is 2. The molecule has 6 nitrogen and oxygen atoms in total. The average Bonchev–Trinajstić information content (AvgIpc) is 2.78. The van der Waals surface area contributed by atoms with Gasteiger partial charge >= 0.3 is 0 Å². The van der Waals surface area contributed by atoms with E-state index in [4.69, 9.17) is 16.3 Å². The van der Waals surface area contributed by atoms with Gasteiger partial charge in [0.25, 0.3) is 5.91 Å². The summed E-state index contributed by atoms with van der Waals surface area (Å²) in [5.74, 6) is 0.511. The van der Waals surface area contributed by atoms with Crippen molar-refractivity contribution in [2.75, 3.05) is 33.2 Å². The second-order valence-corrected chi connectivity index (χ2v) is 8.04. The van der Waals surface area contributed by atoms with E-state index in [1.54, 1.807) is 31.3 Å². The first-order valence-corrected chi connectivity index (χ1v) is 10.7. The molecule has 2 aromatic carbocycles. The number of nitrogens with zero attached hydrogens (tertiary/aromatic N) is 2. The fourth-order valence-corrected chi connectivity index (χ4v) is 3.89. The number of amides is 2. The smallest absolute Gasteiger partial charge is 0.251 e. The van der Waals surface area contributed by atoms with Crippen LogP contribution in [0.5, 0.6) is 5.75 Å². The first-order chi connectivity index (χ1) is 14.9. The third-order valence-corrected chi connectivity index (χ3v) is 5.71. The lowest BCUT2D eigenvalue weighted by molar-refractivity contribution is -0.130. The van der Waals surface area contributed by atoms with Gasteiger partial charge in [0.05, 0.1) is 0 Å². The Morgan fingerprint density at radius 1 is 1.19 bits per heavy atom. The number of ether oxygens (including phenoxy) is 1. The van der Waals surface area contributed by atoms with Crippen LogP contribution in [0.4, 0.5) is 0 Å². The van der Waals surface area contributed by atoms with Crippen molar-refractivity contribution in [3.05, 3.63) is 77.3 Å². The molecule has 0 radical (unpaired) electrons. The van der Waals surface area contributed by atoms with Crippen LogP contribution < -0.4 is 10.1 Å². The number of rotatable bonds is 7. The summed E-state index contributed by atoms with van der Waals surface area (Å²) in [5.41, 5.74) is 1.59. The Bertz CT molecular complexity index is 915. The number of piperazine rings is 1. The fourth-order valence-electron chi connectivity index (χ4n) is 3.76. The summed E-state index contributed by atoms with van der Waals surface area (Å²) in [6, 6.07) is 14.8. The molecule has 1 fully saturated rings. The van der Waals surface area contributed by atoms with Crippen molar-refractivity contribution in [3.8, 4) is 5.75 Å². The van der Waals surface area contributed by atoms with Gasteiger partial charge in [-0.1, -0.05) is 30.3 Å². The molecule has 0 aromatic heterocycles. The van der Waals surface area contributed by atoms with Crippen molar-refractivity contribution in [2.45, 2.75) is 19.1 Å². The van der Waals surface area contributed by atoms with E-state index in [1.165, 1.54) is 6.08 Å². The largest absolute Gasteiger partial charge is 0.484 e. The minimum atomic E-state index is -0.225. The average molecular weight is 442 g/mol. The number of hydrogen-bond acceptors (Lipinski definition) is 4. The lowest BCUT2D eigenvalue weighted by atomic mass is 10.1. The summed E-state index contributed by atoms with van der Waals surface area (Å²) in [7, 11) is 1.60. The van der Waals surface area contributed by atoms with Crippen molar-refractivity contribution in [2.24, 2.45) is 0 Å². The van der Waals surface area contributed by atoms with E-state index in [1.807, 2.05) is 36.1 Å². The molecule has 1 saturated heterocycles. The molecule has 1 aliphatic heterocycles. The lowest BCUT2D eigenvalue weighted by Crippen LogP contribution is -2.54. The molecule has 2 aromatic rings. The molecule has 1 aliphatic rings. The quantitative estimate of drug-likeness (QED) is 0.667. The van der Waals surface area contributed by atoms with Crippen molar-refractivity contribution in [1.82, 2.24) is 15.1 Å². The fraction of sp³-hybridized carbons (Fsp3) is 0.333. The molecule has 1 heterocycles. The Hall–Kier alpha value is -2.83. The maximum absolute atomic E-state index is 12.0. The van der Waals surface area contributed by atoms with E-state index in [-0.39, 0.29) is 24.0 Å². The lowest BCUT2D eigenvalue weighted by Gasteiger charge is -2.40. The Balaban J connectivity index is 1.75. The van der Waals surface area contributed by atoms with E-state index in [0.717, 1.165) is 18.7 Å². The molecule has 0 saturated carbocycles. The Kier molecular flexibility index (Phi) is 7.71. The SMILES string of the molecule is C=CC(=O)N1CCN(C[C@@H](Oc2ccc(C(=O)NC)cc2)c2ccc(Cl)cc2)C[C@H]1C. The summed E-state index contributed by atoms with van der Waals surface area (Å²) < 4.78 is 6.33. The van der Waals surface area contributed by atoms with Crippen LogP contribution in [0.15, 0.2) is 61.2 Å². The number of hydrogen-bond donors (Lipinski definition) is 1. The topological polar surface area (TPSA) is 61.9 Å². The van der Waals surface area contributed by atoms with Crippen LogP contribution in [0.1, 0.15) is 28.9 Å². The van der Waals surface area contributed by atoms with Gasteiger partial charge < -0.3 is 15.0 Å². The third kappa shape index (κ3) is 5.87. The molecule has 7 heteroatoms. The van der Waals surface area contributed by atoms with Crippen LogP contribution in [0.3, 0.4) is 0 Å². The summed E-state index contributed by atoms with van der Waals surface area (Å²) in [6.45, 7) is 8.47. The number of carbonyl (C=O) groups is 2. The number of halogens is 1. The van der Waals surface area contributed by atoms with E-state index in [0.29, 0.717) is 29.4 Å². The molecule has 2 amide bonds. The molecular weight excluding hydrogens is 414 g/mol. The predicted molar refractivity (Wildman–Crippen MR) is 122 cm³/mol. The monoisotopic (exact) mass is 441 g/mol. The molecular formula is C24H28ClN3O3. The highest BCUT2D eigenvalue weighted by Crippen LogP contribution is 2.26. The van der Waals surface area contributed by atoms with E-state index >= 15 is 0 Å². The highest BCUT2D eigenvalue weighted by atomic mass is 35.5. The Morgan fingerprint density at radius 2 is 1.87 bits per heavy atom. The van der Waals surface area contributed by atoms with Crippen molar-refractivity contribution >= 4 is 23.4 Å². The standard InChI is InChI=1S/C24H28ClN3O3/c1-4-23(29)28-14-13-27(15-17(28)2)16-22(18-5-9-20(25)10-6-18)31-21-11-7-19(8-12-21)24(30)26-3/h4-12,17,22H,1,13-16H2,2-3H3,(H,26,30)/t17-,22-/m1/s1. The van der Waals surface area contributed by atoms with Crippen LogP contribution in [0.2, 0.25) is 5.02 Å². The maximum atomic E-state index is 12.0. The van der Waals surface area contributed by atoms with Crippen LogP contribution in [-0.2, 0) is 4.79 Å². The second-order valence-electron chi connectivity index (χ2n) is 7.61. The molecule has 0 unspecified atom stereocenters. The predicted octanol–water partition coefficient (Wildman–Crippen LogP) is 3.54. The van der Waals surface area contributed by atoms with E-state index in [9.17, 15) is 9.59 Å². The van der Waals surface area contributed by atoms with Crippen molar-refractivity contribution < 1.29 is 14.3 Å². The summed E-state index contributed by atoms with van der Waals surface area (Å²) in [6.07, 6.45) is 1.14. The summed E-state index contributed by atoms with van der Waals surface area (Å²) in [4.78, 5) is 28.0. The van der Waals surface area contributed by atoms with Gasteiger partial charge in [-0.15, -0.1) is 0 Å². The second kappa shape index (κ2) is 10.5. The van der Waals surface area contributed by atoms with Gasteiger partial charge in [0.1, 0.15) is 11.9 Å². The molecule has 0 aliphatic carbocycles. The van der Waals surface area contributed by atoms with Gasteiger partial charge in [-0.05, 0) is 55.0 Å². The molecule has 2 atom stereocenters. The number of benzene rings is 2. The van der Waals surface area contributed by atoms with E-state index in [2.05, 4.69) is 16.8 Å². The molecule has 3 rings (SSSR count). The van der Waals surface area contributed by atoms with Crippen LogP contribution in [0, 0.1) is 0 Å². The Morgan fingerprint density at radius 3 is 2.45 bits per heavy atom. The van der Waals surface area contributed by atoms with Gasteiger partial charge in [-0.25, -0.2) is 0 Å². The zero-order chi connectivity index (χ0) is 22.4. The zero-order valence-electron chi connectivity index (χ0n) is 17.9. The highest BCUT2D eigenvalue weighted by molar-refractivity contribution is 6.30. The minimum absolute atomic E-state index is 0.0335. The number of nitrogens with one attached hydrogen (secondary N) is 1. The van der Waals surface area contributed by atoms with Gasteiger partial charge in [-0.2, -0.15) is 0 Å². The first kappa shape index (κ1) is 22.8. The molecule has 1 N–H and O–H groups in total. The summed E-state index contributed by atoms with van der Waals surface area (Å²) >= 11 is 6.07. The third-order valence-electron chi connectivity index (χ3n) is 5.46. The molecule has 0 spiro atoms. The minimum Gasteiger partial charge on any atom is -0.484 e. The molecule has 164 valence electrons. The van der Waals surface area contributed by atoms with Crippen LogP contribution >= 0.6 is 11.6 Å². The highest BCUT2D eigenvalue weighted by Gasteiger charge is 2.28. The molecule has 31 heavy (non-hydrogen) atoms. The normalized spacial score (nSPS) is 17.6. The van der Waals surface area contributed by atoms with Gasteiger partial charge in [0.2, 0.25) is 5.91 Å². The summed E-state index contributed by atoms with van der Waals surface area (Å²) in [5, 5.41) is 3.28. The van der Waals surface area contributed by atoms with Gasteiger partial charge in [0, 0.05) is 49.9 Å². The van der Waals surface area contributed by atoms with Gasteiger partial charge in [0.15, 0.2) is 0 Å². The zero-order valence-corrected chi connectivity index (χ0v) is 18.6. The van der Waals surface area contributed by atoms with Crippen molar-refractivity contribution in [3.63, 3.8) is 0 Å². The van der Waals surface area contributed by atoms with Gasteiger partial charge in [-0.3, -0.25) is 14.5 Å². The molecule has 0 bridgehead atoms. The maximum Gasteiger partial charge on any atom is 0.251 e.